The normalized spacial score (nSPS) is 10.2. The number of hydrogen-bond acceptors (Lipinski definition) is 3. The number of amides is 1. The lowest BCUT2D eigenvalue weighted by molar-refractivity contribution is -0.134. The maximum Gasteiger partial charge on any atom is 0.222 e. The molecule has 5 heteroatoms. The highest BCUT2D eigenvalue weighted by atomic mass is 35.5. The minimum atomic E-state index is 0. The zero-order valence-electron chi connectivity index (χ0n) is 11.3. The summed E-state index contributed by atoms with van der Waals surface area (Å²) in [7, 11) is 1.66. The van der Waals surface area contributed by atoms with E-state index in [1.807, 2.05) is 4.90 Å². The summed E-state index contributed by atoms with van der Waals surface area (Å²) in [6.07, 6.45) is 3.31. The zero-order valence-corrected chi connectivity index (χ0v) is 12.1. The Morgan fingerprint density at radius 2 is 1.94 bits per heavy atom. The summed E-state index contributed by atoms with van der Waals surface area (Å²) in [6.45, 7) is 6.10. The Morgan fingerprint density at radius 3 is 2.35 bits per heavy atom. The SMILES string of the molecule is CCC(CC)N(CCOC)C(=O)CCCN.Cl. The van der Waals surface area contributed by atoms with E-state index in [1.54, 1.807) is 7.11 Å². The van der Waals surface area contributed by atoms with Crippen LogP contribution in [0.1, 0.15) is 39.5 Å². The van der Waals surface area contributed by atoms with Crippen LogP contribution in [-0.2, 0) is 9.53 Å². The second-order valence-corrected chi connectivity index (χ2v) is 3.94. The van der Waals surface area contributed by atoms with E-state index in [-0.39, 0.29) is 18.3 Å². The summed E-state index contributed by atoms with van der Waals surface area (Å²) >= 11 is 0. The minimum absolute atomic E-state index is 0. The van der Waals surface area contributed by atoms with Gasteiger partial charge in [0.05, 0.1) is 6.61 Å². The van der Waals surface area contributed by atoms with Gasteiger partial charge in [0.25, 0.3) is 0 Å². The molecule has 0 aromatic heterocycles. The smallest absolute Gasteiger partial charge is 0.222 e. The molecular weight excluding hydrogens is 240 g/mol. The number of nitrogens with two attached hydrogens (primary N) is 1. The Kier molecular flexibility index (Phi) is 13.6. The van der Waals surface area contributed by atoms with Gasteiger partial charge in [0.2, 0.25) is 5.91 Å². The Labute approximate surface area is 111 Å². The van der Waals surface area contributed by atoms with Crippen LogP contribution >= 0.6 is 12.4 Å². The first-order valence-corrected chi connectivity index (χ1v) is 6.19. The van der Waals surface area contributed by atoms with Crippen molar-refractivity contribution in [1.82, 2.24) is 4.90 Å². The molecule has 0 aliphatic carbocycles. The Morgan fingerprint density at radius 1 is 1.35 bits per heavy atom. The number of ether oxygens (including phenoxy) is 1. The van der Waals surface area contributed by atoms with Crippen molar-refractivity contribution in [3.63, 3.8) is 0 Å². The van der Waals surface area contributed by atoms with Crippen LogP contribution in [0.25, 0.3) is 0 Å². The molecule has 0 rings (SSSR count). The van der Waals surface area contributed by atoms with E-state index in [2.05, 4.69) is 13.8 Å². The van der Waals surface area contributed by atoms with Crippen LogP contribution in [0, 0.1) is 0 Å². The number of halogens is 1. The first kappa shape index (κ1) is 19.0. The van der Waals surface area contributed by atoms with Crippen LogP contribution in [0.15, 0.2) is 0 Å². The van der Waals surface area contributed by atoms with Crippen molar-refractivity contribution in [2.24, 2.45) is 5.73 Å². The minimum Gasteiger partial charge on any atom is -0.383 e. The maximum absolute atomic E-state index is 12.0. The highest BCUT2D eigenvalue weighted by Crippen LogP contribution is 2.10. The maximum atomic E-state index is 12.0. The van der Waals surface area contributed by atoms with Crippen molar-refractivity contribution < 1.29 is 9.53 Å². The van der Waals surface area contributed by atoms with E-state index in [4.69, 9.17) is 10.5 Å². The van der Waals surface area contributed by atoms with Gasteiger partial charge < -0.3 is 15.4 Å². The molecule has 0 saturated heterocycles. The first-order chi connectivity index (χ1) is 7.71. The molecule has 0 spiro atoms. The van der Waals surface area contributed by atoms with Crippen molar-refractivity contribution in [1.29, 1.82) is 0 Å². The largest absolute Gasteiger partial charge is 0.383 e. The molecule has 1 amide bonds. The van der Waals surface area contributed by atoms with Gasteiger partial charge in [0, 0.05) is 26.1 Å². The first-order valence-electron chi connectivity index (χ1n) is 6.19. The highest BCUT2D eigenvalue weighted by Gasteiger charge is 2.19. The van der Waals surface area contributed by atoms with Gasteiger partial charge in [-0.3, -0.25) is 4.79 Å². The molecule has 4 nitrogen and oxygen atoms in total. The second-order valence-electron chi connectivity index (χ2n) is 3.94. The molecule has 0 unspecified atom stereocenters. The van der Waals surface area contributed by atoms with Crippen LogP contribution in [-0.4, -0.2) is 43.7 Å². The predicted molar refractivity (Wildman–Crippen MR) is 73.5 cm³/mol. The lowest BCUT2D eigenvalue weighted by Gasteiger charge is -2.30. The Hall–Kier alpha value is -0.320. The van der Waals surface area contributed by atoms with Gasteiger partial charge in [-0.05, 0) is 25.8 Å². The number of nitrogens with zero attached hydrogens (tertiary/aromatic N) is 1. The molecule has 0 heterocycles. The average Bonchev–Trinajstić information content (AvgIpc) is 2.31. The van der Waals surface area contributed by atoms with Crippen LogP contribution in [0.2, 0.25) is 0 Å². The lowest BCUT2D eigenvalue weighted by atomic mass is 10.1. The molecular formula is C12H27ClN2O2. The molecule has 0 aromatic rings. The summed E-state index contributed by atoms with van der Waals surface area (Å²) in [5, 5.41) is 0. The van der Waals surface area contributed by atoms with E-state index in [1.165, 1.54) is 0 Å². The highest BCUT2D eigenvalue weighted by molar-refractivity contribution is 5.85. The third kappa shape index (κ3) is 7.58. The molecule has 0 atom stereocenters. The van der Waals surface area contributed by atoms with Crippen LogP contribution in [0.5, 0.6) is 0 Å². The third-order valence-electron chi connectivity index (χ3n) is 2.83. The number of carbonyl (C=O) groups is 1. The summed E-state index contributed by atoms with van der Waals surface area (Å²) in [5.41, 5.74) is 5.42. The van der Waals surface area contributed by atoms with Gasteiger partial charge in [-0.25, -0.2) is 0 Å². The molecule has 0 aromatic carbocycles. The van der Waals surface area contributed by atoms with E-state index < -0.39 is 0 Å². The van der Waals surface area contributed by atoms with Crippen molar-refractivity contribution in [3.8, 4) is 0 Å². The van der Waals surface area contributed by atoms with E-state index in [0.717, 1.165) is 19.3 Å². The van der Waals surface area contributed by atoms with Gasteiger partial charge in [0.15, 0.2) is 0 Å². The number of methoxy groups -OCH3 is 1. The van der Waals surface area contributed by atoms with Gasteiger partial charge in [-0.2, -0.15) is 0 Å². The fourth-order valence-electron chi connectivity index (χ4n) is 1.83. The van der Waals surface area contributed by atoms with Crippen molar-refractivity contribution in [3.05, 3.63) is 0 Å². The summed E-state index contributed by atoms with van der Waals surface area (Å²) in [5.74, 6) is 0.205. The lowest BCUT2D eigenvalue weighted by Crippen LogP contribution is -2.41. The van der Waals surface area contributed by atoms with Crippen LogP contribution < -0.4 is 5.73 Å². The van der Waals surface area contributed by atoms with Gasteiger partial charge in [-0.15, -0.1) is 12.4 Å². The molecule has 0 aliphatic rings. The fraction of sp³-hybridized carbons (Fsp3) is 0.917. The molecule has 17 heavy (non-hydrogen) atoms. The van der Waals surface area contributed by atoms with Crippen LogP contribution in [0.3, 0.4) is 0 Å². The van der Waals surface area contributed by atoms with Gasteiger partial charge in [0.1, 0.15) is 0 Å². The topological polar surface area (TPSA) is 55.6 Å². The summed E-state index contributed by atoms with van der Waals surface area (Å²) < 4.78 is 5.05. The molecule has 104 valence electrons. The average molecular weight is 267 g/mol. The number of hydrogen-bond donors (Lipinski definition) is 1. The Balaban J connectivity index is 0. The van der Waals surface area contributed by atoms with E-state index in [9.17, 15) is 4.79 Å². The molecule has 0 radical (unpaired) electrons. The number of carbonyl (C=O) groups excluding carboxylic acids is 1. The molecule has 0 saturated carbocycles. The van der Waals surface area contributed by atoms with Crippen LogP contribution in [0.4, 0.5) is 0 Å². The van der Waals surface area contributed by atoms with Crippen molar-refractivity contribution in [2.75, 3.05) is 26.8 Å². The standard InChI is InChI=1S/C12H26N2O2.ClH/c1-4-11(5-2)14(9-10-16-3)12(15)7-6-8-13;/h11H,4-10,13H2,1-3H3;1H. The molecule has 0 fully saturated rings. The number of rotatable bonds is 9. The van der Waals surface area contributed by atoms with Gasteiger partial charge >= 0.3 is 0 Å². The third-order valence-corrected chi connectivity index (χ3v) is 2.83. The predicted octanol–water partition coefficient (Wildman–Crippen LogP) is 1.81. The van der Waals surface area contributed by atoms with Crippen molar-refractivity contribution >= 4 is 18.3 Å². The monoisotopic (exact) mass is 266 g/mol. The fourth-order valence-corrected chi connectivity index (χ4v) is 1.83. The molecule has 0 aliphatic heterocycles. The second kappa shape index (κ2) is 12.1. The van der Waals surface area contributed by atoms with E-state index in [0.29, 0.717) is 32.2 Å². The van der Waals surface area contributed by atoms with E-state index >= 15 is 0 Å². The van der Waals surface area contributed by atoms with Crippen molar-refractivity contribution in [2.45, 2.75) is 45.6 Å². The molecule has 0 bridgehead atoms. The summed E-state index contributed by atoms with van der Waals surface area (Å²) in [6, 6.07) is 0.334. The molecule has 2 N–H and O–H groups in total. The van der Waals surface area contributed by atoms with Gasteiger partial charge in [-0.1, -0.05) is 13.8 Å². The Bertz CT molecular complexity index is 187. The zero-order chi connectivity index (χ0) is 12.4. The summed E-state index contributed by atoms with van der Waals surface area (Å²) in [4.78, 5) is 13.9. The quantitative estimate of drug-likeness (QED) is 0.693.